The van der Waals surface area contributed by atoms with Gasteiger partial charge in [-0.15, -0.1) is 0 Å². The third-order valence-corrected chi connectivity index (χ3v) is 3.50. The van der Waals surface area contributed by atoms with Crippen LogP contribution in [0.15, 0.2) is 53.1 Å². The Kier molecular flexibility index (Phi) is 5.46. The first kappa shape index (κ1) is 17.5. The molecule has 0 bridgehead atoms. The predicted molar refractivity (Wildman–Crippen MR) is 91.2 cm³/mol. The van der Waals surface area contributed by atoms with Crippen LogP contribution >= 0.6 is 11.6 Å². The molecule has 1 aromatic heterocycles. The van der Waals surface area contributed by atoms with E-state index in [0.717, 1.165) is 0 Å². The van der Waals surface area contributed by atoms with Gasteiger partial charge in [0.1, 0.15) is 11.8 Å². The highest BCUT2D eigenvalue weighted by atomic mass is 35.5. The number of esters is 1. The molecule has 0 atom stereocenters. The van der Waals surface area contributed by atoms with Crippen molar-refractivity contribution in [1.29, 1.82) is 5.26 Å². The Morgan fingerprint density at radius 3 is 2.88 bits per heavy atom. The lowest BCUT2D eigenvalue weighted by molar-refractivity contribution is -0.148. The van der Waals surface area contributed by atoms with Crippen molar-refractivity contribution in [2.75, 3.05) is 6.61 Å². The molecule has 0 fully saturated rings. The molecule has 0 unspecified atom stereocenters. The topological polar surface area (TPSA) is 98.2 Å². The van der Waals surface area contributed by atoms with Gasteiger partial charge in [0.2, 0.25) is 5.82 Å². The Hall–Kier alpha value is -3.37. The van der Waals surface area contributed by atoms with E-state index >= 15 is 0 Å². The quantitative estimate of drug-likeness (QED) is 0.614. The minimum Gasteiger partial charge on any atom is -0.481 e. The van der Waals surface area contributed by atoms with Crippen molar-refractivity contribution < 1.29 is 18.8 Å². The smallest absolute Gasteiger partial charge is 0.344 e. The average Bonchev–Trinajstić information content (AvgIpc) is 3.14. The van der Waals surface area contributed by atoms with Gasteiger partial charge in [-0.25, -0.2) is 4.79 Å². The highest BCUT2D eigenvalue weighted by molar-refractivity contribution is 6.30. The number of carbonyl (C=O) groups is 1. The summed E-state index contributed by atoms with van der Waals surface area (Å²) in [6.45, 7) is -0.524. The summed E-state index contributed by atoms with van der Waals surface area (Å²) in [4.78, 5) is 15.9. The largest absolute Gasteiger partial charge is 0.481 e. The number of aromatic nitrogens is 2. The first-order chi connectivity index (χ1) is 12.7. The van der Waals surface area contributed by atoms with Crippen molar-refractivity contribution in [1.82, 2.24) is 10.1 Å². The van der Waals surface area contributed by atoms with Crippen LogP contribution in [-0.4, -0.2) is 22.7 Å². The maximum Gasteiger partial charge on any atom is 0.344 e. The Bertz CT molecular complexity index is 965. The number of nitriles is 1. The molecular formula is C18H12ClN3O4. The van der Waals surface area contributed by atoms with Crippen LogP contribution in [-0.2, 0) is 16.1 Å². The molecule has 2 aromatic carbocycles. The Morgan fingerprint density at radius 2 is 2.08 bits per heavy atom. The second-order valence-electron chi connectivity index (χ2n) is 5.08. The van der Waals surface area contributed by atoms with E-state index in [2.05, 4.69) is 10.1 Å². The molecule has 0 saturated heterocycles. The van der Waals surface area contributed by atoms with Crippen molar-refractivity contribution in [2.24, 2.45) is 0 Å². The molecule has 0 radical (unpaired) electrons. The third kappa shape index (κ3) is 4.37. The van der Waals surface area contributed by atoms with E-state index < -0.39 is 5.97 Å². The molecule has 3 aromatic rings. The Balaban J connectivity index is 1.53. The van der Waals surface area contributed by atoms with Gasteiger partial charge in [-0.3, -0.25) is 0 Å². The molecule has 0 spiro atoms. The maximum absolute atomic E-state index is 11.8. The number of rotatable bonds is 6. The Morgan fingerprint density at radius 1 is 1.23 bits per heavy atom. The van der Waals surface area contributed by atoms with Crippen LogP contribution in [0, 0.1) is 11.3 Å². The van der Waals surface area contributed by atoms with Crippen LogP contribution in [0.25, 0.3) is 11.4 Å². The van der Waals surface area contributed by atoms with Crippen LogP contribution in [0.2, 0.25) is 5.02 Å². The summed E-state index contributed by atoms with van der Waals surface area (Å²) in [7, 11) is 0. The van der Waals surface area contributed by atoms with Crippen LogP contribution < -0.4 is 4.74 Å². The van der Waals surface area contributed by atoms with E-state index in [9.17, 15) is 4.79 Å². The number of hydrogen-bond donors (Lipinski definition) is 0. The van der Waals surface area contributed by atoms with Gasteiger partial charge in [-0.05, 0) is 24.3 Å². The minimum atomic E-state index is -0.625. The van der Waals surface area contributed by atoms with Crippen molar-refractivity contribution in [2.45, 2.75) is 6.61 Å². The zero-order valence-electron chi connectivity index (χ0n) is 13.4. The molecule has 0 aliphatic rings. The second kappa shape index (κ2) is 8.14. The van der Waals surface area contributed by atoms with Gasteiger partial charge in [-0.2, -0.15) is 10.2 Å². The molecule has 0 amide bonds. The van der Waals surface area contributed by atoms with Gasteiger partial charge in [0.05, 0.1) is 5.56 Å². The van der Waals surface area contributed by atoms with E-state index in [1.165, 1.54) is 0 Å². The molecule has 130 valence electrons. The van der Waals surface area contributed by atoms with Crippen LogP contribution in [0.3, 0.4) is 0 Å². The molecule has 0 N–H and O–H groups in total. The molecule has 0 aliphatic heterocycles. The zero-order chi connectivity index (χ0) is 18.4. The molecule has 0 aliphatic carbocycles. The summed E-state index contributed by atoms with van der Waals surface area (Å²) < 4.78 is 15.4. The fourth-order valence-corrected chi connectivity index (χ4v) is 2.25. The lowest BCUT2D eigenvalue weighted by atomic mass is 10.2. The van der Waals surface area contributed by atoms with Gasteiger partial charge < -0.3 is 14.0 Å². The SMILES string of the molecule is N#Cc1ccccc1OCC(=O)OCc1nc(-c2cccc(Cl)c2)no1. The Labute approximate surface area is 153 Å². The van der Waals surface area contributed by atoms with Gasteiger partial charge in [-0.1, -0.05) is 41.0 Å². The molecule has 1 heterocycles. The van der Waals surface area contributed by atoms with Gasteiger partial charge in [0, 0.05) is 10.6 Å². The fourth-order valence-electron chi connectivity index (χ4n) is 2.06. The van der Waals surface area contributed by atoms with E-state index in [1.807, 2.05) is 6.07 Å². The standard InChI is InChI=1S/C18H12ClN3O4/c19-14-6-3-5-12(8-14)18-21-16(26-22-18)10-25-17(23)11-24-15-7-2-1-4-13(15)9-20/h1-8H,10-11H2. The summed E-state index contributed by atoms with van der Waals surface area (Å²) in [6.07, 6.45) is 0. The average molecular weight is 370 g/mol. The monoisotopic (exact) mass is 369 g/mol. The fraction of sp³-hybridized carbons (Fsp3) is 0.111. The predicted octanol–water partition coefficient (Wildman–Crippen LogP) is 3.38. The summed E-state index contributed by atoms with van der Waals surface area (Å²) in [5, 5.41) is 13.3. The second-order valence-corrected chi connectivity index (χ2v) is 5.52. The number of para-hydroxylation sites is 1. The molecule has 26 heavy (non-hydrogen) atoms. The molecule has 7 nitrogen and oxygen atoms in total. The first-order valence-electron chi connectivity index (χ1n) is 7.52. The van der Waals surface area contributed by atoms with E-state index in [4.69, 9.17) is 30.9 Å². The number of carbonyl (C=O) groups excluding carboxylic acids is 1. The van der Waals surface area contributed by atoms with Crippen LogP contribution in [0.4, 0.5) is 0 Å². The number of nitrogens with zero attached hydrogens (tertiary/aromatic N) is 3. The van der Waals surface area contributed by atoms with Crippen molar-refractivity contribution in [3.05, 3.63) is 65.0 Å². The zero-order valence-corrected chi connectivity index (χ0v) is 14.1. The summed E-state index contributed by atoms with van der Waals surface area (Å²) in [5.41, 5.74) is 1.03. The minimum absolute atomic E-state index is 0.144. The molecule has 8 heteroatoms. The van der Waals surface area contributed by atoms with Gasteiger partial charge >= 0.3 is 5.97 Å². The maximum atomic E-state index is 11.8. The lowest BCUT2D eigenvalue weighted by Gasteiger charge is -2.06. The van der Waals surface area contributed by atoms with Crippen LogP contribution in [0.1, 0.15) is 11.5 Å². The molecule has 3 rings (SSSR count). The van der Waals surface area contributed by atoms with Crippen molar-refractivity contribution >= 4 is 17.6 Å². The lowest BCUT2D eigenvalue weighted by Crippen LogP contribution is -2.15. The highest BCUT2D eigenvalue weighted by Gasteiger charge is 2.12. The summed E-state index contributed by atoms with van der Waals surface area (Å²) in [6, 6.07) is 15.6. The van der Waals surface area contributed by atoms with Crippen molar-refractivity contribution in [3.8, 4) is 23.2 Å². The summed E-state index contributed by atoms with van der Waals surface area (Å²) in [5.74, 6) is 0.178. The van der Waals surface area contributed by atoms with Crippen LogP contribution in [0.5, 0.6) is 5.75 Å². The van der Waals surface area contributed by atoms with Crippen molar-refractivity contribution in [3.63, 3.8) is 0 Å². The number of hydrogen-bond acceptors (Lipinski definition) is 7. The number of halogens is 1. The number of ether oxygens (including phenoxy) is 2. The van der Waals surface area contributed by atoms with E-state index in [-0.39, 0.29) is 19.1 Å². The molecular weight excluding hydrogens is 358 g/mol. The number of benzene rings is 2. The van der Waals surface area contributed by atoms with Gasteiger partial charge in [0.25, 0.3) is 5.89 Å². The highest BCUT2D eigenvalue weighted by Crippen LogP contribution is 2.20. The van der Waals surface area contributed by atoms with E-state index in [0.29, 0.717) is 27.7 Å². The normalized spacial score (nSPS) is 10.2. The molecule has 0 saturated carbocycles. The first-order valence-corrected chi connectivity index (χ1v) is 7.89. The van der Waals surface area contributed by atoms with E-state index in [1.54, 1.807) is 48.5 Å². The summed E-state index contributed by atoms with van der Waals surface area (Å²) >= 11 is 5.92. The third-order valence-electron chi connectivity index (χ3n) is 3.26. The van der Waals surface area contributed by atoms with Gasteiger partial charge in [0.15, 0.2) is 13.2 Å².